The van der Waals surface area contributed by atoms with Crippen LogP contribution in [0.3, 0.4) is 0 Å². The summed E-state index contributed by atoms with van der Waals surface area (Å²) in [5.41, 5.74) is 8.63. The first-order valence-corrected chi connectivity index (χ1v) is 8.48. The molecular formula is C17H21N3OS. The Labute approximate surface area is 135 Å². The number of thioether (sulfide) groups is 1. The second-order valence-corrected chi connectivity index (χ2v) is 6.07. The van der Waals surface area contributed by atoms with Gasteiger partial charge in [-0.25, -0.2) is 0 Å². The molecule has 0 aliphatic heterocycles. The molecule has 1 aromatic carbocycles. The molecule has 2 rings (SSSR count). The number of nitrogen functional groups attached to an aromatic ring is 1. The molecule has 116 valence electrons. The van der Waals surface area contributed by atoms with Gasteiger partial charge in [0, 0.05) is 36.4 Å². The van der Waals surface area contributed by atoms with Crippen molar-refractivity contribution in [2.45, 2.75) is 18.6 Å². The van der Waals surface area contributed by atoms with Crippen molar-refractivity contribution >= 4 is 23.4 Å². The summed E-state index contributed by atoms with van der Waals surface area (Å²) in [5, 5.41) is 2.95. The predicted molar refractivity (Wildman–Crippen MR) is 92.6 cm³/mol. The lowest BCUT2D eigenvalue weighted by molar-refractivity contribution is -0.120. The van der Waals surface area contributed by atoms with E-state index < -0.39 is 0 Å². The van der Waals surface area contributed by atoms with E-state index in [2.05, 4.69) is 10.3 Å². The summed E-state index contributed by atoms with van der Waals surface area (Å²) in [6, 6.07) is 13.6. The van der Waals surface area contributed by atoms with Gasteiger partial charge in [-0.05, 0) is 36.2 Å². The summed E-state index contributed by atoms with van der Waals surface area (Å²) >= 11 is 1.73. The minimum Gasteiger partial charge on any atom is -0.399 e. The molecule has 0 saturated heterocycles. The number of aromatic nitrogens is 1. The molecular weight excluding hydrogens is 294 g/mol. The van der Waals surface area contributed by atoms with Crippen molar-refractivity contribution in [3.63, 3.8) is 0 Å². The van der Waals surface area contributed by atoms with Crippen molar-refractivity contribution in [1.29, 1.82) is 0 Å². The van der Waals surface area contributed by atoms with E-state index in [0.717, 1.165) is 29.3 Å². The highest BCUT2D eigenvalue weighted by Crippen LogP contribution is 2.10. The van der Waals surface area contributed by atoms with Crippen LogP contribution in [0.25, 0.3) is 0 Å². The minimum absolute atomic E-state index is 0.101. The number of pyridine rings is 1. The Kier molecular flexibility index (Phi) is 6.77. The summed E-state index contributed by atoms with van der Waals surface area (Å²) in [6.45, 7) is 0.660. The Morgan fingerprint density at radius 1 is 1.18 bits per heavy atom. The van der Waals surface area contributed by atoms with Gasteiger partial charge in [0.15, 0.2) is 0 Å². The van der Waals surface area contributed by atoms with Gasteiger partial charge in [-0.3, -0.25) is 9.78 Å². The van der Waals surface area contributed by atoms with Gasteiger partial charge in [0.25, 0.3) is 0 Å². The molecule has 0 radical (unpaired) electrons. The molecule has 3 N–H and O–H groups in total. The van der Waals surface area contributed by atoms with E-state index in [9.17, 15) is 4.79 Å². The van der Waals surface area contributed by atoms with Gasteiger partial charge in [0.2, 0.25) is 5.91 Å². The van der Waals surface area contributed by atoms with Gasteiger partial charge in [-0.1, -0.05) is 18.2 Å². The number of benzene rings is 1. The fourth-order valence-electron chi connectivity index (χ4n) is 1.94. The van der Waals surface area contributed by atoms with Crippen LogP contribution >= 0.6 is 11.8 Å². The van der Waals surface area contributed by atoms with Gasteiger partial charge in [-0.2, -0.15) is 11.8 Å². The van der Waals surface area contributed by atoms with E-state index in [1.165, 1.54) is 5.56 Å². The fourth-order valence-corrected chi connectivity index (χ4v) is 2.80. The zero-order valence-corrected chi connectivity index (χ0v) is 13.3. The van der Waals surface area contributed by atoms with Crippen LogP contribution in [0.1, 0.15) is 17.7 Å². The van der Waals surface area contributed by atoms with E-state index in [1.54, 1.807) is 18.0 Å². The van der Waals surface area contributed by atoms with Crippen LogP contribution in [0.15, 0.2) is 48.7 Å². The van der Waals surface area contributed by atoms with Crippen molar-refractivity contribution in [1.82, 2.24) is 10.3 Å². The van der Waals surface area contributed by atoms with Gasteiger partial charge in [-0.15, -0.1) is 0 Å². The molecule has 2 aromatic rings. The van der Waals surface area contributed by atoms with Crippen LogP contribution in [0.4, 0.5) is 5.69 Å². The molecule has 0 atom stereocenters. The number of carbonyl (C=O) groups is 1. The molecule has 4 nitrogen and oxygen atoms in total. The molecule has 5 heteroatoms. The number of rotatable bonds is 8. The highest BCUT2D eigenvalue weighted by atomic mass is 32.2. The zero-order valence-electron chi connectivity index (χ0n) is 12.5. The number of hydrogen-bond acceptors (Lipinski definition) is 4. The topological polar surface area (TPSA) is 68.0 Å². The number of amides is 1. The maximum atomic E-state index is 11.7. The second kappa shape index (κ2) is 9.10. The smallest absolute Gasteiger partial charge is 0.220 e. The van der Waals surface area contributed by atoms with E-state index in [-0.39, 0.29) is 5.91 Å². The number of nitrogens with two attached hydrogens (primary N) is 1. The summed E-state index contributed by atoms with van der Waals surface area (Å²) in [7, 11) is 0. The molecule has 22 heavy (non-hydrogen) atoms. The molecule has 1 heterocycles. The normalized spacial score (nSPS) is 10.4. The molecule has 0 bridgehead atoms. The van der Waals surface area contributed by atoms with Crippen LogP contribution in [0, 0.1) is 0 Å². The quantitative estimate of drug-likeness (QED) is 0.580. The van der Waals surface area contributed by atoms with E-state index in [0.29, 0.717) is 13.0 Å². The molecule has 0 spiro atoms. The Morgan fingerprint density at radius 2 is 2.00 bits per heavy atom. The molecule has 0 saturated carbocycles. The SMILES string of the molecule is Nc1ccc(CCNC(=O)CCSCc2ccccn2)cc1. The van der Waals surface area contributed by atoms with E-state index in [4.69, 9.17) is 5.73 Å². The molecule has 1 amide bonds. The molecule has 0 aliphatic rings. The Balaban J connectivity index is 1.55. The monoisotopic (exact) mass is 315 g/mol. The number of nitrogens with one attached hydrogen (secondary N) is 1. The lowest BCUT2D eigenvalue weighted by Crippen LogP contribution is -2.25. The molecule has 0 aliphatic carbocycles. The van der Waals surface area contributed by atoms with Gasteiger partial charge < -0.3 is 11.1 Å². The Bertz CT molecular complexity index is 572. The van der Waals surface area contributed by atoms with Crippen molar-refractivity contribution in [3.8, 4) is 0 Å². The first-order chi connectivity index (χ1) is 10.7. The van der Waals surface area contributed by atoms with Crippen molar-refractivity contribution in [2.24, 2.45) is 0 Å². The zero-order chi connectivity index (χ0) is 15.6. The van der Waals surface area contributed by atoms with E-state index in [1.807, 2.05) is 42.5 Å². The summed E-state index contributed by atoms with van der Waals surface area (Å²) in [6.07, 6.45) is 3.16. The molecule has 1 aromatic heterocycles. The number of carbonyl (C=O) groups excluding carboxylic acids is 1. The standard InChI is InChI=1S/C17H21N3OS/c18-15-6-4-14(5-7-15)8-11-20-17(21)9-12-22-13-16-3-1-2-10-19-16/h1-7,10H,8-9,11-13,18H2,(H,20,21). The third-order valence-electron chi connectivity index (χ3n) is 3.17. The summed E-state index contributed by atoms with van der Waals surface area (Å²) in [5.74, 6) is 1.76. The molecule has 0 unspecified atom stereocenters. The summed E-state index contributed by atoms with van der Waals surface area (Å²) < 4.78 is 0. The van der Waals surface area contributed by atoms with Crippen molar-refractivity contribution in [3.05, 3.63) is 59.9 Å². The minimum atomic E-state index is 0.101. The third kappa shape index (κ3) is 6.18. The number of hydrogen-bond donors (Lipinski definition) is 2. The van der Waals surface area contributed by atoms with Crippen LogP contribution in [-0.2, 0) is 17.0 Å². The largest absolute Gasteiger partial charge is 0.399 e. The van der Waals surface area contributed by atoms with Gasteiger partial charge in [0.1, 0.15) is 0 Å². The highest BCUT2D eigenvalue weighted by molar-refractivity contribution is 7.98. The highest BCUT2D eigenvalue weighted by Gasteiger charge is 2.02. The fraction of sp³-hybridized carbons (Fsp3) is 0.294. The lowest BCUT2D eigenvalue weighted by atomic mass is 10.1. The summed E-state index contributed by atoms with van der Waals surface area (Å²) in [4.78, 5) is 16.0. The maximum Gasteiger partial charge on any atom is 0.220 e. The third-order valence-corrected chi connectivity index (χ3v) is 4.16. The second-order valence-electron chi connectivity index (χ2n) is 4.97. The lowest BCUT2D eigenvalue weighted by Gasteiger charge is -2.06. The van der Waals surface area contributed by atoms with E-state index >= 15 is 0 Å². The van der Waals surface area contributed by atoms with Crippen molar-refractivity contribution in [2.75, 3.05) is 18.0 Å². The van der Waals surface area contributed by atoms with Crippen LogP contribution in [0.5, 0.6) is 0 Å². The first-order valence-electron chi connectivity index (χ1n) is 7.33. The Hall–Kier alpha value is -2.01. The van der Waals surface area contributed by atoms with Gasteiger partial charge >= 0.3 is 0 Å². The van der Waals surface area contributed by atoms with Crippen LogP contribution < -0.4 is 11.1 Å². The average molecular weight is 315 g/mol. The molecule has 0 fully saturated rings. The van der Waals surface area contributed by atoms with Crippen molar-refractivity contribution < 1.29 is 4.79 Å². The predicted octanol–water partition coefficient (Wildman–Crippen LogP) is 2.65. The number of nitrogens with zero attached hydrogens (tertiary/aromatic N) is 1. The number of anilines is 1. The average Bonchev–Trinajstić information content (AvgIpc) is 2.54. The van der Waals surface area contributed by atoms with Gasteiger partial charge in [0.05, 0.1) is 5.69 Å². The Morgan fingerprint density at radius 3 is 2.73 bits per heavy atom. The van der Waals surface area contributed by atoms with Crippen LogP contribution in [0.2, 0.25) is 0 Å². The van der Waals surface area contributed by atoms with Crippen LogP contribution in [-0.4, -0.2) is 23.2 Å². The first kappa shape index (κ1) is 16.4. The maximum absolute atomic E-state index is 11.7.